The van der Waals surface area contributed by atoms with Crippen molar-refractivity contribution in [1.82, 2.24) is 9.29 Å². The van der Waals surface area contributed by atoms with E-state index in [1.54, 1.807) is 18.6 Å². The normalized spacial score (nSPS) is 12.2. The first kappa shape index (κ1) is 15.9. The van der Waals surface area contributed by atoms with Crippen LogP contribution in [0.5, 0.6) is 0 Å². The van der Waals surface area contributed by atoms with Crippen LogP contribution < -0.4 is 0 Å². The Morgan fingerprint density at radius 3 is 2.55 bits per heavy atom. The number of aryl methyl sites for hydroxylation is 2. The van der Waals surface area contributed by atoms with Gasteiger partial charge in [0.25, 0.3) is 10.0 Å². The Bertz CT molecular complexity index is 706. The third-order valence-corrected chi connectivity index (χ3v) is 7.83. The molecule has 20 heavy (non-hydrogen) atoms. The highest BCUT2D eigenvalue weighted by atomic mass is 35.5. The Hall–Kier alpha value is -0.470. The third-order valence-electron chi connectivity index (χ3n) is 3.00. The molecule has 0 unspecified atom stereocenters. The van der Waals surface area contributed by atoms with Crippen molar-refractivity contribution >= 4 is 44.3 Å². The number of aromatic nitrogens is 1. The average molecular weight is 351 g/mol. The van der Waals surface area contributed by atoms with Gasteiger partial charge in [-0.3, -0.25) is 0 Å². The van der Waals surface area contributed by atoms with Crippen LogP contribution in [0.2, 0.25) is 0 Å². The molecule has 0 bridgehead atoms. The second kappa shape index (κ2) is 6.11. The fraction of sp³-hybridized carbons (Fsp3) is 0.417. The van der Waals surface area contributed by atoms with Gasteiger partial charge in [0.1, 0.15) is 4.21 Å². The smallest absolute Gasteiger partial charge is 0.250 e. The summed E-state index contributed by atoms with van der Waals surface area (Å²) in [6.07, 6.45) is 0. The topological polar surface area (TPSA) is 50.3 Å². The SMILES string of the molecule is Cc1cc(S(=O)(=O)N(C)Cc2scnc2C)sc1CCl. The predicted molar refractivity (Wildman–Crippen MR) is 84.1 cm³/mol. The fourth-order valence-corrected chi connectivity index (χ4v) is 5.74. The summed E-state index contributed by atoms with van der Waals surface area (Å²) in [5.74, 6) is 0.337. The van der Waals surface area contributed by atoms with Gasteiger partial charge in [-0.1, -0.05) is 0 Å². The van der Waals surface area contributed by atoms with Crippen molar-refractivity contribution in [2.75, 3.05) is 7.05 Å². The maximum absolute atomic E-state index is 12.5. The second-order valence-electron chi connectivity index (χ2n) is 4.43. The number of halogens is 1. The molecule has 2 aromatic rings. The van der Waals surface area contributed by atoms with E-state index in [-0.39, 0.29) is 0 Å². The first-order chi connectivity index (χ1) is 9.36. The second-order valence-corrected chi connectivity index (χ2v) is 9.04. The van der Waals surface area contributed by atoms with Crippen molar-refractivity contribution in [3.8, 4) is 0 Å². The molecular weight excluding hydrogens is 336 g/mol. The van der Waals surface area contributed by atoms with Crippen molar-refractivity contribution < 1.29 is 8.42 Å². The van der Waals surface area contributed by atoms with Crippen molar-refractivity contribution in [3.05, 3.63) is 32.6 Å². The first-order valence-electron chi connectivity index (χ1n) is 5.87. The van der Waals surface area contributed by atoms with Crippen LogP contribution in [0.25, 0.3) is 0 Å². The zero-order valence-corrected chi connectivity index (χ0v) is 14.6. The molecule has 0 aliphatic carbocycles. The standard InChI is InChI=1S/C12H15ClN2O2S3/c1-8-4-12(19-10(8)5-13)20(16,17)15(3)6-11-9(2)14-7-18-11/h4,7H,5-6H2,1-3H3. The Balaban J connectivity index is 2.27. The minimum atomic E-state index is -3.47. The van der Waals surface area contributed by atoms with Crippen LogP contribution in [-0.2, 0) is 22.4 Å². The number of rotatable bonds is 5. The summed E-state index contributed by atoms with van der Waals surface area (Å²) in [5.41, 5.74) is 3.53. The minimum absolute atomic E-state index is 0.337. The van der Waals surface area contributed by atoms with Crippen molar-refractivity contribution in [2.24, 2.45) is 0 Å². The highest BCUT2D eigenvalue weighted by Gasteiger charge is 2.25. The van der Waals surface area contributed by atoms with Crippen LogP contribution in [-0.4, -0.2) is 24.8 Å². The molecule has 2 aromatic heterocycles. The summed E-state index contributed by atoms with van der Waals surface area (Å²) < 4.78 is 26.8. The Kier molecular flexibility index (Phi) is 4.86. The van der Waals surface area contributed by atoms with Gasteiger partial charge >= 0.3 is 0 Å². The highest BCUT2D eigenvalue weighted by molar-refractivity contribution is 7.91. The van der Waals surface area contributed by atoms with Gasteiger partial charge in [-0.25, -0.2) is 13.4 Å². The lowest BCUT2D eigenvalue weighted by molar-refractivity contribution is 0.470. The molecule has 8 heteroatoms. The number of nitrogens with zero attached hydrogens (tertiary/aromatic N) is 2. The predicted octanol–water partition coefficient (Wildman–Crippen LogP) is 3.38. The number of hydrogen-bond acceptors (Lipinski definition) is 5. The molecule has 0 radical (unpaired) electrons. The summed E-state index contributed by atoms with van der Waals surface area (Å²) in [5, 5.41) is 0. The molecule has 110 valence electrons. The highest BCUT2D eigenvalue weighted by Crippen LogP contribution is 2.30. The van der Waals surface area contributed by atoms with Gasteiger partial charge in [0, 0.05) is 23.3 Å². The Morgan fingerprint density at radius 2 is 2.05 bits per heavy atom. The molecular formula is C12H15ClN2O2S3. The molecule has 2 heterocycles. The van der Waals surface area contributed by atoms with E-state index < -0.39 is 10.0 Å². The lowest BCUT2D eigenvalue weighted by Crippen LogP contribution is -2.25. The molecule has 4 nitrogen and oxygen atoms in total. The molecule has 0 aliphatic rings. The van der Waals surface area contributed by atoms with Gasteiger partial charge in [-0.15, -0.1) is 34.3 Å². The zero-order valence-electron chi connectivity index (χ0n) is 11.4. The number of thiophene rings is 1. The van der Waals surface area contributed by atoms with Crippen molar-refractivity contribution in [2.45, 2.75) is 30.5 Å². The summed E-state index contributed by atoms with van der Waals surface area (Å²) in [6, 6.07) is 1.69. The van der Waals surface area contributed by atoms with Gasteiger partial charge in [0.15, 0.2) is 0 Å². The number of sulfonamides is 1. The summed E-state index contributed by atoms with van der Waals surface area (Å²) in [6.45, 7) is 4.10. The van der Waals surface area contributed by atoms with Crippen LogP contribution >= 0.6 is 34.3 Å². The molecule has 0 aromatic carbocycles. The molecule has 0 saturated carbocycles. The maximum atomic E-state index is 12.5. The van der Waals surface area contributed by atoms with Gasteiger partial charge in [-0.05, 0) is 25.5 Å². The molecule has 0 N–H and O–H groups in total. The van der Waals surface area contributed by atoms with E-state index in [1.165, 1.54) is 27.0 Å². The van der Waals surface area contributed by atoms with Crippen LogP contribution in [0.4, 0.5) is 0 Å². The van der Waals surface area contributed by atoms with Crippen molar-refractivity contribution in [1.29, 1.82) is 0 Å². The van der Waals surface area contributed by atoms with Gasteiger partial charge in [0.2, 0.25) is 0 Å². The molecule has 2 rings (SSSR count). The van der Waals surface area contributed by atoms with Crippen LogP contribution in [0.15, 0.2) is 15.8 Å². The molecule has 0 fully saturated rings. The molecule has 0 atom stereocenters. The van der Waals surface area contributed by atoms with Crippen molar-refractivity contribution in [3.63, 3.8) is 0 Å². The molecule has 0 amide bonds. The Labute approximate surface area is 132 Å². The summed E-state index contributed by atoms with van der Waals surface area (Å²) in [7, 11) is -1.88. The third kappa shape index (κ3) is 3.07. The average Bonchev–Trinajstić information content (AvgIpc) is 2.96. The van der Waals surface area contributed by atoms with E-state index in [0.29, 0.717) is 16.6 Å². The van der Waals surface area contributed by atoms with E-state index in [2.05, 4.69) is 4.98 Å². The zero-order chi connectivity index (χ0) is 14.9. The number of alkyl halides is 1. The number of thiazole rings is 1. The minimum Gasteiger partial charge on any atom is -0.250 e. The maximum Gasteiger partial charge on any atom is 0.252 e. The molecule has 0 spiro atoms. The summed E-state index contributed by atoms with van der Waals surface area (Å²) in [4.78, 5) is 5.99. The molecule has 0 saturated heterocycles. The lowest BCUT2D eigenvalue weighted by atomic mass is 10.3. The van der Waals surface area contributed by atoms with Crippen LogP contribution in [0.1, 0.15) is 21.0 Å². The van der Waals surface area contributed by atoms with E-state index >= 15 is 0 Å². The largest absolute Gasteiger partial charge is 0.252 e. The van der Waals surface area contributed by atoms with Gasteiger partial charge in [0.05, 0.1) is 17.1 Å². The lowest BCUT2D eigenvalue weighted by Gasteiger charge is -2.15. The van der Waals surface area contributed by atoms with Crippen LogP contribution in [0.3, 0.4) is 0 Å². The van der Waals surface area contributed by atoms with Crippen LogP contribution in [0, 0.1) is 13.8 Å². The van der Waals surface area contributed by atoms with E-state index in [0.717, 1.165) is 21.0 Å². The first-order valence-corrected chi connectivity index (χ1v) is 9.54. The van der Waals surface area contributed by atoms with E-state index in [9.17, 15) is 8.42 Å². The van der Waals surface area contributed by atoms with E-state index in [4.69, 9.17) is 11.6 Å². The monoisotopic (exact) mass is 350 g/mol. The quantitative estimate of drug-likeness (QED) is 0.777. The van der Waals surface area contributed by atoms with E-state index in [1.807, 2.05) is 13.8 Å². The fourth-order valence-electron chi connectivity index (χ4n) is 1.67. The Morgan fingerprint density at radius 1 is 1.35 bits per heavy atom. The number of hydrogen-bond donors (Lipinski definition) is 0. The van der Waals surface area contributed by atoms with Gasteiger partial charge in [-0.2, -0.15) is 4.31 Å². The molecule has 0 aliphatic heterocycles. The summed E-state index contributed by atoms with van der Waals surface area (Å²) >= 11 is 8.51. The van der Waals surface area contributed by atoms with Gasteiger partial charge < -0.3 is 0 Å².